The van der Waals surface area contributed by atoms with Gasteiger partial charge in [0.1, 0.15) is 4.90 Å². The Hall–Kier alpha value is -1.65. The molecular weight excluding hydrogens is 368 g/mol. The normalized spacial score (nSPS) is 11.6. The van der Waals surface area contributed by atoms with Crippen LogP contribution in [0.3, 0.4) is 0 Å². The van der Waals surface area contributed by atoms with Gasteiger partial charge in [-0.25, -0.2) is 0 Å². The average Bonchev–Trinajstić information content (AvgIpc) is 2.69. The van der Waals surface area contributed by atoms with Crippen molar-refractivity contribution in [3.63, 3.8) is 0 Å². The van der Waals surface area contributed by atoms with Crippen molar-refractivity contribution in [3.8, 4) is 11.1 Å². The highest BCUT2D eigenvalue weighted by atomic mass is 32.2. The van der Waals surface area contributed by atoms with E-state index in [0.717, 1.165) is 18.4 Å². The van der Waals surface area contributed by atoms with Crippen molar-refractivity contribution in [1.82, 2.24) is 0 Å². The maximum absolute atomic E-state index is 12.1. The number of benzene rings is 2. The zero-order chi connectivity index (χ0) is 20.2. The Labute approximate surface area is 170 Å². The van der Waals surface area contributed by atoms with Gasteiger partial charge in [-0.3, -0.25) is 4.55 Å². The molecule has 28 heavy (non-hydrogen) atoms. The Morgan fingerprint density at radius 2 is 1.29 bits per heavy atom. The van der Waals surface area contributed by atoms with E-state index in [1.54, 1.807) is 6.07 Å². The Kier molecular flexibility index (Phi) is 9.72. The van der Waals surface area contributed by atoms with E-state index in [1.165, 1.54) is 51.4 Å². The third-order valence-electron chi connectivity index (χ3n) is 5.24. The number of aryl methyl sites for hydroxylation is 1. The smallest absolute Gasteiger partial charge is 0.282 e. The van der Waals surface area contributed by atoms with E-state index in [4.69, 9.17) is 0 Å². The maximum atomic E-state index is 12.1. The van der Waals surface area contributed by atoms with Gasteiger partial charge in [-0.1, -0.05) is 113 Å². The molecule has 1 N–H and O–H groups in total. The van der Waals surface area contributed by atoms with Crippen LogP contribution in [-0.4, -0.2) is 13.0 Å². The zero-order valence-corrected chi connectivity index (χ0v) is 17.9. The summed E-state index contributed by atoms with van der Waals surface area (Å²) in [5.41, 5.74) is 2.09. The van der Waals surface area contributed by atoms with Crippen LogP contribution in [0.5, 0.6) is 0 Å². The summed E-state index contributed by atoms with van der Waals surface area (Å²) in [6.45, 7) is 2.24. The Bertz CT molecular complexity index is 798. The van der Waals surface area contributed by atoms with Gasteiger partial charge in [0.2, 0.25) is 0 Å². The summed E-state index contributed by atoms with van der Waals surface area (Å²) >= 11 is 0. The first-order valence-corrected chi connectivity index (χ1v) is 12.1. The molecule has 0 aromatic heterocycles. The summed E-state index contributed by atoms with van der Waals surface area (Å²) < 4.78 is 34.0. The highest BCUT2D eigenvalue weighted by Gasteiger charge is 2.20. The predicted octanol–water partition coefficient (Wildman–Crippen LogP) is 7.06. The minimum atomic E-state index is -4.27. The van der Waals surface area contributed by atoms with Crippen molar-refractivity contribution in [1.29, 1.82) is 0 Å². The molecule has 0 heterocycles. The lowest BCUT2D eigenvalue weighted by Crippen LogP contribution is -2.06. The largest absolute Gasteiger partial charge is 0.295 e. The molecule has 0 aliphatic heterocycles. The van der Waals surface area contributed by atoms with Gasteiger partial charge in [-0.05, 0) is 24.0 Å². The SMILES string of the molecule is CCCCCCCCCCCCc1cccc(-c2ccccc2)c1S(=O)(=O)O. The number of hydrogen-bond acceptors (Lipinski definition) is 2. The Morgan fingerprint density at radius 1 is 0.714 bits per heavy atom. The molecule has 0 spiro atoms. The highest BCUT2D eigenvalue weighted by molar-refractivity contribution is 7.86. The van der Waals surface area contributed by atoms with E-state index in [0.29, 0.717) is 17.5 Å². The lowest BCUT2D eigenvalue weighted by Gasteiger charge is -2.13. The van der Waals surface area contributed by atoms with Crippen LogP contribution in [0, 0.1) is 0 Å². The molecular formula is C24H34O3S. The van der Waals surface area contributed by atoms with Crippen molar-refractivity contribution in [2.24, 2.45) is 0 Å². The second kappa shape index (κ2) is 12.0. The van der Waals surface area contributed by atoms with Crippen molar-refractivity contribution in [2.75, 3.05) is 0 Å². The monoisotopic (exact) mass is 402 g/mol. The van der Waals surface area contributed by atoms with Crippen LogP contribution in [0.2, 0.25) is 0 Å². The lowest BCUT2D eigenvalue weighted by atomic mass is 9.99. The van der Waals surface area contributed by atoms with Gasteiger partial charge < -0.3 is 0 Å². The van der Waals surface area contributed by atoms with Crippen LogP contribution >= 0.6 is 0 Å². The van der Waals surface area contributed by atoms with E-state index >= 15 is 0 Å². The Morgan fingerprint density at radius 3 is 1.86 bits per heavy atom. The number of hydrogen-bond donors (Lipinski definition) is 1. The molecule has 2 aromatic carbocycles. The summed E-state index contributed by atoms with van der Waals surface area (Å²) in [6.07, 6.45) is 13.1. The molecule has 0 saturated carbocycles. The second-order valence-electron chi connectivity index (χ2n) is 7.57. The molecule has 2 rings (SSSR count). The number of unbranched alkanes of at least 4 members (excludes halogenated alkanes) is 9. The minimum Gasteiger partial charge on any atom is -0.282 e. The van der Waals surface area contributed by atoms with Gasteiger partial charge in [0.25, 0.3) is 10.1 Å². The van der Waals surface area contributed by atoms with Gasteiger partial charge in [0.05, 0.1) is 0 Å². The zero-order valence-electron chi connectivity index (χ0n) is 17.1. The summed E-state index contributed by atoms with van der Waals surface area (Å²) in [4.78, 5) is 0.0668. The molecule has 0 atom stereocenters. The molecule has 0 unspecified atom stereocenters. The van der Waals surface area contributed by atoms with Crippen molar-refractivity contribution in [3.05, 3.63) is 54.1 Å². The third-order valence-corrected chi connectivity index (χ3v) is 6.24. The number of rotatable bonds is 13. The standard InChI is InChI=1S/C24H34O3S/c1-2-3-4-5-6-7-8-9-10-12-18-22-19-15-20-23(24(22)28(25,26)27)21-16-13-11-14-17-21/h11,13-17,19-20H,2-10,12,18H2,1H3,(H,25,26,27). The van der Waals surface area contributed by atoms with Crippen LogP contribution < -0.4 is 0 Å². The molecule has 0 aliphatic rings. The molecule has 0 saturated heterocycles. The first-order valence-electron chi connectivity index (χ1n) is 10.7. The molecule has 3 nitrogen and oxygen atoms in total. The predicted molar refractivity (Wildman–Crippen MR) is 117 cm³/mol. The van der Waals surface area contributed by atoms with E-state index in [-0.39, 0.29) is 4.90 Å². The fraction of sp³-hybridized carbons (Fsp3) is 0.500. The van der Waals surface area contributed by atoms with Crippen LogP contribution in [0.25, 0.3) is 11.1 Å². The van der Waals surface area contributed by atoms with Gasteiger partial charge in [0, 0.05) is 5.56 Å². The Balaban J connectivity index is 1.90. The lowest BCUT2D eigenvalue weighted by molar-refractivity contribution is 0.482. The summed E-state index contributed by atoms with van der Waals surface area (Å²) in [5.74, 6) is 0. The summed E-state index contributed by atoms with van der Waals surface area (Å²) in [7, 11) is -4.27. The minimum absolute atomic E-state index is 0.0668. The van der Waals surface area contributed by atoms with Gasteiger partial charge in [-0.15, -0.1) is 0 Å². The first kappa shape index (κ1) is 22.6. The summed E-state index contributed by atoms with van der Waals surface area (Å²) in [6, 6.07) is 14.8. The molecule has 2 aromatic rings. The van der Waals surface area contributed by atoms with Gasteiger partial charge in [-0.2, -0.15) is 8.42 Å². The van der Waals surface area contributed by atoms with Crippen LogP contribution in [0.4, 0.5) is 0 Å². The van der Waals surface area contributed by atoms with E-state index < -0.39 is 10.1 Å². The molecule has 0 radical (unpaired) electrons. The molecule has 0 bridgehead atoms. The molecule has 0 amide bonds. The van der Waals surface area contributed by atoms with Crippen molar-refractivity contribution in [2.45, 2.75) is 82.4 Å². The van der Waals surface area contributed by atoms with Crippen molar-refractivity contribution >= 4 is 10.1 Å². The van der Waals surface area contributed by atoms with E-state index in [2.05, 4.69) is 6.92 Å². The van der Waals surface area contributed by atoms with Crippen LogP contribution in [-0.2, 0) is 16.5 Å². The topological polar surface area (TPSA) is 54.4 Å². The quantitative estimate of drug-likeness (QED) is 0.288. The third kappa shape index (κ3) is 7.40. The fourth-order valence-corrected chi connectivity index (χ4v) is 4.70. The summed E-state index contributed by atoms with van der Waals surface area (Å²) in [5, 5.41) is 0. The van der Waals surface area contributed by atoms with Crippen molar-refractivity contribution < 1.29 is 13.0 Å². The average molecular weight is 403 g/mol. The second-order valence-corrected chi connectivity index (χ2v) is 8.93. The van der Waals surface area contributed by atoms with Gasteiger partial charge >= 0.3 is 0 Å². The fourth-order valence-electron chi connectivity index (χ4n) is 3.73. The van der Waals surface area contributed by atoms with Crippen LogP contribution in [0.15, 0.2) is 53.4 Å². The van der Waals surface area contributed by atoms with Gasteiger partial charge in [0.15, 0.2) is 0 Å². The highest BCUT2D eigenvalue weighted by Crippen LogP contribution is 2.31. The molecule has 154 valence electrons. The molecule has 0 fully saturated rings. The molecule has 4 heteroatoms. The first-order chi connectivity index (χ1) is 13.5. The van der Waals surface area contributed by atoms with E-state index in [1.807, 2.05) is 42.5 Å². The maximum Gasteiger partial charge on any atom is 0.295 e. The molecule has 0 aliphatic carbocycles. The van der Waals surface area contributed by atoms with Crippen LogP contribution in [0.1, 0.15) is 76.7 Å². The van der Waals surface area contributed by atoms with E-state index in [9.17, 15) is 13.0 Å².